The molecule has 32 heavy (non-hydrogen) atoms. The van der Waals surface area contributed by atoms with E-state index in [1.54, 1.807) is 12.1 Å². The minimum atomic E-state index is -4.95. The van der Waals surface area contributed by atoms with E-state index in [1.165, 1.54) is 6.92 Å². The Morgan fingerprint density at radius 1 is 0.875 bits per heavy atom. The Hall–Kier alpha value is -2.62. The molecule has 3 aromatic rings. The summed E-state index contributed by atoms with van der Waals surface area (Å²) in [7, 11) is 0. The van der Waals surface area contributed by atoms with Gasteiger partial charge in [0.15, 0.2) is 0 Å². The molecule has 0 saturated heterocycles. The van der Waals surface area contributed by atoms with Gasteiger partial charge in [-0.3, -0.25) is 0 Å². The third kappa shape index (κ3) is 5.59. The third-order valence-corrected chi connectivity index (χ3v) is 5.08. The number of rotatable bonds is 6. The molecule has 0 radical (unpaired) electrons. The second kappa shape index (κ2) is 8.73. The van der Waals surface area contributed by atoms with Crippen molar-refractivity contribution in [2.24, 2.45) is 5.73 Å². The molecule has 0 spiro atoms. The second-order valence-electron chi connectivity index (χ2n) is 7.77. The highest BCUT2D eigenvalue weighted by Gasteiger charge is 2.37. The molecule has 0 amide bonds. The quantitative estimate of drug-likeness (QED) is 0.354. The van der Waals surface area contributed by atoms with Gasteiger partial charge >= 0.3 is 12.4 Å². The minimum absolute atomic E-state index is 0.0503. The van der Waals surface area contributed by atoms with Crippen LogP contribution in [0, 0.1) is 0 Å². The maximum absolute atomic E-state index is 13.0. The van der Waals surface area contributed by atoms with Crippen molar-refractivity contribution < 1.29 is 36.2 Å². The molecule has 172 valence electrons. The van der Waals surface area contributed by atoms with E-state index in [0.717, 1.165) is 10.8 Å². The monoisotopic (exact) mass is 457 g/mol. The number of fused-ring (bicyclic) bond motifs is 1. The van der Waals surface area contributed by atoms with Crippen molar-refractivity contribution in [3.05, 3.63) is 82.9 Å². The fourth-order valence-electron chi connectivity index (χ4n) is 3.56. The summed E-state index contributed by atoms with van der Waals surface area (Å²) in [5, 5.41) is 12.7. The summed E-state index contributed by atoms with van der Waals surface area (Å²) in [6, 6.07) is 13.9. The van der Waals surface area contributed by atoms with Crippen molar-refractivity contribution in [2.75, 3.05) is 0 Å². The molecule has 3 aromatic carbocycles. The summed E-state index contributed by atoms with van der Waals surface area (Å²) in [4.78, 5) is 0. The van der Waals surface area contributed by atoms with Crippen LogP contribution in [0.15, 0.2) is 60.7 Å². The summed E-state index contributed by atoms with van der Waals surface area (Å²) in [6.45, 7) is 0.934. The number of hydrogen-bond acceptors (Lipinski definition) is 3. The number of alkyl halides is 6. The van der Waals surface area contributed by atoms with Crippen molar-refractivity contribution in [2.45, 2.75) is 44.1 Å². The van der Waals surface area contributed by atoms with Gasteiger partial charge in [0.1, 0.15) is 6.23 Å². The normalized spacial score (nSPS) is 15.5. The van der Waals surface area contributed by atoms with Gasteiger partial charge in [0, 0.05) is 6.42 Å². The van der Waals surface area contributed by atoms with Crippen LogP contribution < -0.4 is 5.73 Å². The summed E-state index contributed by atoms with van der Waals surface area (Å²) >= 11 is 0. The van der Waals surface area contributed by atoms with Gasteiger partial charge in [-0.05, 0) is 47.0 Å². The van der Waals surface area contributed by atoms with Crippen molar-refractivity contribution in [1.29, 1.82) is 0 Å². The smallest absolute Gasteiger partial charge is 0.385 e. The van der Waals surface area contributed by atoms with Crippen LogP contribution in [0.25, 0.3) is 10.8 Å². The van der Waals surface area contributed by atoms with Crippen LogP contribution in [0.2, 0.25) is 0 Å². The first-order chi connectivity index (χ1) is 14.8. The molecule has 0 aromatic heterocycles. The number of hydrogen-bond donors (Lipinski definition) is 2. The van der Waals surface area contributed by atoms with Crippen molar-refractivity contribution in [3.63, 3.8) is 0 Å². The van der Waals surface area contributed by atoms with E-state index in [4.69, 9.17) is 10.5 Å². The van der Waals surface area contributed by atoms with E-state index in [1.807, 2.05) is 30.3 Å². The molecule has 0 aliphatic carbocycles. The molecule has 3 rings (SSSR count). The Bertz CT molecular complexity index is 1050. The molecule has 0 aliphatic heterocycles. The number of halogens is 6. The van der Waals surface area contributed by atoms with Gasteiger partial charge in [0.2, 0.25) is 0 Å². The lowest BCUT2D eigenvalue weighted by molar-refractivity contribution is -0.143. The van der Waals surface area contributed by atoms with E-state index in [9.17, 15) is 31.4 Å². The number of ether oxygens (including phenoxy) is 1. The molecule has 0 saturated carbocycles. The van der Waals surface area contributed by atoms with Gasteiger partial charge < -0.3 is 15.6 Å². The first-order valence-corrected chi connectivity index (χ1v) is 9.63. The second-order valence-corrected chi connectivity index (χ2v) is 7.77. The average molecular weight is 457 g/mol. The van der Waals surface area contributed by atoms with Crippen LogP contribution in [0.5, 0.6) is 0 Å². The molecule has 2 unspecified atom stereocenters. The molecule has 0 bridgehead atoms. The molecular weight excluding hydrogens is 436 g/mol. The predicted octanol–water partition coefficient (Wildman–Crippen LogP) is 5.98. The van der Waals surface area contributed by atoms with Crippen molar-refractivity contribution in [3.8, 4) is 0 Å². The van der Waals surface area contributed by atoms with E-state index in [0.29, 0.717) is 17.7 Å². The first kappa shape index (κ1) is 24.0. The van der Waals surface area contributed by atoms with E-state index in [-0.39, 0.29) is 18.1 Å². The highest BCUT2D eigenvalue weighted by molar-refractivity contribution is 5.86. The fourth-order valence-corrected chi connectivity index (χ4v) is 3.56. The van der Waals surface area contributed by atoms with Crippen LogP contribution in [0.1, 0.15) is 35.6 Å². The topological polar surface area (TPSA) is 55.5 Å². The largest absolute Gasteiger partial charge is 0.416 e. The maximum Gasteiger partial charge on any atom is 0.416 e. The fraction of sp³-hybridized carbons (Fsp3) is 0.304. The Morgan fingerprint density at radius 2 is 1.44 bits per heavy atom. The Kier molecular flexibility index (Phi) is 6.55. The molecule has 0 heterocycles. The Morgan fingerprint density at radius 3 is 2.03 bits per heavy atom. The average Bonchev–Trinajstić information content (AvgIpc) is 2.70. The molecule has 3 nitrogen and oxygen atoms in total. The lowest BCUT2D eigenvalue weighted by Crippen LogP contribution is -2.34. The molecular formula is C23H21F6NO2. The Labute approximate surface area is 180 Å². The zero-order chi connectivity index (χ0) is 23.7. The highest BCUT2D eigenvalue weighted by atomic mass is 19.4. The lowest BCUT2D eigenvalue weighted by Gasteiger charge is -2.28. The van der Waals surface area contributed by atoms with Gasteiger partial charge in [-0.25, -0.2) is 0 Å². The van der Waals surface area contributed by atoms with Crippen molar-refractivity contribution in [1.82, 2.24) is 0 Å². The summed E-state index contributed by atoms with van der Waals surface area (Å²) in [5.74, 6) is 0. The SMILES string of the molecule is CC(O)(CC(N)OCc1cc(C(F)(F)F)cc(C(F)(F)F)c1)c1cccc2ccccc12. The zero-order valence-electron chi connectivity index (χ0n) is 17.0. The van der Waals surface area contributed by atoms with Gasteiger partial charge in [-0.1, -0.05) is 42.5 Å². The van der Waals surface area contributed by atoms with E-state index < -0.39 is 41.9 Å². The highest BCUT2D eigenvalue weighted by Crippen LogP contribution is 2.37. The van der Waals surface area contributed by atoms with Crippen LogP contribution in [-0.4, -0.2) is 11.3 Å². The van der Waals surface area contributed by atoms with Gasteiger partial charge in [0.05, 0.1) is 23.3 Å². The van der Waals surface area contributed by atoms with E-state index in [2.05, 4.69) is 0 Å². The lowest BCUT2D eigenvalue weighted by atomic mass is 9.88. The molecule has 2 atom stereocenters. The van der Waals surface area contributed by atoms with Gasteiger partial charge in [-0.2, -0.15) is 26.3 Å². The zero-order valence-corrected chi connectivity index (χ0v) is 17.0. The molecule has 9 heteroatoms. The summed E-state index contributed by atoms with van der Waals surface area (Å²) < 4.78 is 83.4. The summed E-state index contributed by atoms with van der Waals surface area (Å²) in [5.41, 5.74) is 1.85. The van der Waals surface area contributed by atoms with Gasteiger partial charge in [0.25, 0.3) is 0 Å². The van der Waals surface area contributed by atoms with Crippen LogP contribution in [0.4, 0.5) is 26.3 Å². The first-order valence-electron chi connectivity index (χ1n) is 9.63. The predicted molar refractivity (Wildman–Crippen MR) is 107 cm³/mol. The van der Waals surface area contributed by atoms with Crippen molar-refractivity contribution >= 4 is 10.8 Å². The Balaban J connectivity index is 1.77. The number of benzene rings is 3. The molecule has 0 aliphatic rings. The van der Waals surface area contributed by atoms with Gasteiger partial charge in [-0.15, -0.1) is 0 Å². The minimum Gasteiger partial charge on any atom is -0.385 e. The number of aliphatic hydroxyl groups is 1. The molecule has 3 N–H and O–H groups in total. The third-order valence-electron chi connectivity index (χ3n) is 5.08. The van der Waals surface area contributed by atoms with Crippen LogP contribution in [-0.2, 0) is 29.3 Å². The molecule has 0 fully saturated rings. The van der Waals surface area contributed by atoms with Crippen LogP contribution in [0.3, 0.4) is 0 Å². The number of nitrogens with two attached hydrogens (primary N) is 1. The van der Waals surface area contributed by atoms with Crippen LogP contribution >= 0.6 is 0 Å². The standard InChI is InChI=1S/C23H21F6NO2/c1-21(31,19-8-4-6-15-5-2-3-7-18(15)19)12-20(30)32-13-14-9-16(22(24,25)26)11-17(10-14)23(27,28)29/h2-11,20,31H,12-13,30H2,1H3. The van der Waals surface area contributed by atoms with E-state index >= 15 is 0 Å². The summed E-state index contributed by atoms with van der Waals surface area (Å²) in [6.07, 6.45) is -11.2. The maximum atomic E-state index is 13.0.